The summed E-state index contributed by atoms with van der Waals surface area (Å²) in [6.45, 7) is 10.5. The lowest BCUT2D eigenvalue weighted by Gasteiger charge is -2.26. The van der Waals surface area contributed by atoms with Gasteiger partial charge in [0.15, 0.2) is 0 Å². The second-order valence-electron chi connectivity index (χ2n) is 5.75. The second kappa shape index (κ2) is 7.66. The fourth-order valence-corrected chi connectivity index (χ4v) is 2.03. The van der Waals surface area contributed by atoms with Crippen LogP contribution in [0.2, 0.25) is 0 Å². The monoisotopic (exact) mass is 228 g/mol. The summed E-state index contributed by atoms with van der Waals surface area (Å²) in [5, 5.41) is 6.06. The summed E-state index contributed by atoms with van der Waals surface area (Å²) in [6, 6.07) is 0. The van der Waals surface area contributed by atoms with Gasteiger partial charge in [-0.25, -0.2) is 0 Å². The molecule has 0 bridgehead atoms. The van der Waals surface area contributed by atoms with E-state index < -0.39 is 0 Å². The Bertz CT molecular complexity index is 200. The summed E-state index contributed by atoms with van der Waals surface area (Å²) in [6.07, 6.45) is 2.68. The third-order valence-electron chi connectivity index (χ3n) is 2.56. The van der Waals surface area contributed by atoms with Crippen LogP contribution >= 0.6 is 0 Å². The van der Waals surface area contributed by atoms with Crippen LogP contribution in [-0.2, 0) is 4.79 Å². The van der Waals surface area contributed by atoms with Gasteiger partial charge in [0.05, 0.1) is 0 Å². The van der Waals surface area contributed by atoms with E-state index in [-0.39, 0.29) is 11.3 Å². The highest BCUT2D eigenvalue weighted by Crippen LogP contribution is 2.23. The van der Waals surface area contributed by atoms with Crippen LogP contribution in [0, 0.1) is 11.3 Å². The summed E-state index contributed by atoms with van der Waals surface area (Å²) in [4.78, 5) is 11.5. The highest BCUT2D eigenvalue weighted by Gasteiger charge is 2.19. The van der Waals surface area contributed by atoms with Gasteiger partial charge in [-0.15, -0.1) is 0 Å². The number of amides is 1. The average Bonchev–Trinajstić information content (AvgIpc) is 2.13. The van der Waals surface area contributed by atoms with Crippen molar-refractivity contribution >= 4 is 5.91 Å². The van der Waals surface area contributed by atoms with E-state index in [1.807, 2.05) is 7.05 Å². The van der Waals surface area contributed by atoms with Gasteiger partial charge < -0.3 is 10.6 Å². The van der Waals surface area contributed by atoms with Gasteiger partial charge >= 0.3 is 0 Å². The lowest BCUT2D eigenvalue weighted by Crippen LogP contribution is -2.34. The Kier molecular flexibility index (Phi) is 7.39. The van der Waals surface area contributed by atoms with Crippen molar-refractivity contribution in [1.29, 1.82) is 0 Å². The molecule has 16 heavy (non-hydrogen) atoms. The highest BCUT2D eigenvalue weighted by atomic mass is 16.1. The summed E-state index contributed by atoms with van der Waals surface area (Å²) in [7, 11) is 1.91. The predicted molar refractivity (Wildman–Crippen MR) is 69.4 cm³/mol. The Morgan fingerprint density at radius 1 is 1.31 bits per heavy atom. The molecule has 0 aromatic rings. The van der Waals surface area contributed by atoms with Crippen molar-refractivity contribution in [3.8, 4) is 0 Å². The van der Waals surface area contributed by atoms with Crippen molar-refractivity contribution < 1.29 is 4.79 Å². The summed E-state index contributed by atoms with van der Waals surface area (Å²) >= 11 is 0. The second-order valence-corrected chi connectivity index (χ2v) is 5.75. The number of hydrogen-bond acceptors (Lipinski definition) is 2. The molecular weight excluding hydrogens is 200 g/mol. The van der Waals surface area contributed by atoms with Crippen molar-refractivity contribution in [1.82, 2.24) is 10.6 Å². The predicted octanol–water partition coefficient (Wildman–Crippen LogP) is 2.17. The van der Waals surface area contributed by atoms with E-state index in [1.165, 1.54) is 0 Å². The molecule has 0 rings (SSSR count). The van der Waals surface area contributed by atoms with Gasteiger partial charge in [-0.2, -0.15) is 0 Å². The van der Waals surface area contributed by atoms with E-state index in [9.17, 15) is 4.79 Å². The Balaban J connectivity index is 3.72. The summed E-state index contributed by atoms with van der Waals surface area (Å²) in [5.41, 5.74) is 0.201. The molecule has 0 spiro atoms. The zero-order valence-corrected chi connectivity index (χ0v) is 11.5. The standard InChI is InChI=1S/C13H28N2O/c1-11(2)9-13(3,4)10-15-12(16)7-6-8-14-5/h11,14H,6-10H2,1-5H3,(H,15,16). The molecular formula is C13H28N2O. The fraction of sp³-hybridized carbons (Fsp3) is 0.923. The van der Waals surface area contributed by atoms with Crippen molar-refractivity contribution in [2.45, 2.75) is 47.0 Å². The maximum atomic E-state index is 11.5. The molecule has 0 aliphatic heterocycles. The van der Waals surface area contributed by atoms with Crippen molar-refractivity contribution in [2.24, 2.45) is 11.3 Å². The van der Waals surface area contributed by atoms with Gasteiger partial charge in [0.25, 0.3) is 0 Å². The first-order valence-corrected chi connectivity index (χ1v) is 6.28. The first kappa shape index (κ1) is 15.4. The zero-order valence-electron chi connectivity index (χ0n) is 11.5. The van der Waals surface area contributed by atoms with Crippen LogP contribution in [-0.4, -0.2) is 26.0 Å². The van der Waals surface area contributed by atoms with Gasteiger partial charge in [0, 0.05) is 13.0 Å². The molecule has 3 nitrogen and oxygen atoms in total. The molecule has 0 saturated carbocycles. The Labute approximate surface area is 100 Å². The zero-order chi connectivity index (χ0) is 12.6. The van der Waals surface area contributed by atoms with Gasteiger partial charge in [0.2, 0.25) is 5.91 Å². The minimum absolute atomic E-state index is 0.173. The van der Waals surface area contributed by atoms with Gasteiger partial charge in [-0.1, -0.05) is 27.7 Å². The number of carbonyl (C=O) groups is 1. The van der Waals surface area contributed by atoms with Crippen molar-refractivity contribution in [3.63, 3.8) is 0 Å². The number of hydrogen-bond donors (Lipinski definition) is 2. The number of carbonyl (C=O) groups excluding carboxylic acids is 1. The van der Waals surface area contributed by atoms with Crippen LogP contribution in [0.3, 0.4) is 0 Å². The smallest absolute Gasteiger partial charge is 0.220 e. The molecule has 0 aliphatic rings. The van der Waals surface area contributed by atoms with Gasteiger partial charge in [-0.3, -0.25) is 4.79 Å². The highest BCUT2D eigenvalue weighted by molar-refractivity contribution is 5.75. The van der Waals surface area contributed by atoms with E-state index in [2.05, 4.69) is 38.3 Å². The van der Waals surface area contributed by atoms with Crippen LogP contribution in [0.1, 0.15) is 47.0 Å². The largest absolute Gasteiger partial charge is 0.356 e. The molecule has 3 heteroatoms. The quantitative estimate of drug-likeness (QED) is 0.625. The maximum Gasteiger partial charge on any atom is 0.220 e. The third-order valence-corrected chi connectivity index (χ3v) is 2.56. The molecule has 96 valence electrons. The first-order valence-electron chi connectivity index (χ1n) is 6.28. The van der Waals surface area contributed by atoms with E-state index in [0.29, 0.717) is 12.3 Å². The lowest BCUT2D eigenvalue weighted by molar-refractivity contribution is -0.121. The fourth-order valence-electron chi connectivity index (χ4n) is 2.03. The van der Waals surface area contributed by atoms with Crippen LogP contribution in [0.4, 0.5) is 0 Å². The molecule has 0 atom stereocenters. The van der Waals surface area contributed by atoms with Gasteiger partial charge in [0.1, 0.15) is 0 Å². The van der Waals surface area contributed by atoms with Crippen LogP contribution in [0.25, 0.3) is 0 Å². The van der Waals surface area contributed by atoms with Crippen molar-refractivity contribution in [3.05, 3.63) is 0 Å². The number of rotatable bonds is 8. The molecule has 0 radical (unpaired) electrons. The summed E-state index contributed by atoms with van der Waals surface area (Å²) < 4.78 is 0. The molecule has 0 fully saturated rings. The Morgan fingerprint density at radius 3 is 2.44 bits per heavy atom. The molecule has 0 aromatic carbocycles. The van der Waals surface area contributed by atoms with Gasteiger partial charge in [-0.05, 0) is 37.8 Å². The minimum atomic E-state index is 0.173. The molecule has 0 aromatic heterocycles. The van der Waals surface area contributed by atoms with Crippen molar-refractivity contribution in [2.75, 3.05) is 20.1 Å². The molecule has 0 saturated heterocycles. The summed E-state index contributed by atoms with van der Waals surface area (Å²) in [5.74, 6) is 0.850. The third kappa shape index (κ3) is 8.72. The number of nitrogens with one attached hydrogen (secondary N) is 2. The Morgan fingerprint density at radius 2 is 1.94 bits per heavy atom. The lowest BCUT2D eigenvalue weighted by atomic mass is 9.84. The molecule has 0 heterocycles. The van der Waals surface area contributed by atoms with E-state index in [0.717, 1.165) is 25.9 Å². The van der Waals surface area contributed by atoms with Crippen LogP contribution in [0.15, 0.2) is 0 Å². The Hall–Kier alpha value is -0.570. The van der Waals surface area contributed by atoms with Crippen LogP contribution in [0.5, 0.6) is 0 Å². The van der Waals surface area contributed by atoms with E-state index in [4.69, 9.17) is 0 Å². The molecule has 0 unspecified atom stereocenters. The first-order chi connectivity index (χ1) is 7.37. The van der Waals surface area contributed by atoms with E-state index in [1.54, 1.807) is 0 Å². The topological polar surface area (TPSA) is 41.1 Å². The minimum Gasteiger partial charge on any atom is -0.356 e. The molecule has 2 N–H and O–H groups in total. The normalized spacial score (nSPS) is 11.9. The molecule has 0 aliphatic carbocycles. The van der Waals surface area contributed by atoms with E-state index >= 15 is 0 Å². The maximum absolute atomic E-state index is 11.5. The van der Waals surface area contributed by atoms with Crippen LogP contribution < -0.4 is 10.6 Å². The average molecular weight is 228 g/mol. The SMILES string of the molecule is CNCCCC(=O)NCC(C)(C)CC(C)C. The molecule has 1 amide bonds.